The number of nitrogens with zero attached hydrogens (tertiary/aromatic N) is 1. The Bertz CT molecular complexity index is 917. The van der Waals surface area contributed by atoms with Gasteiger partial charge in [0.25, 0.3) is 0 Å². The first kappa shape index (κ1) is 22.7. The number of carbonyl (C=O) groups excluding carboxylic acids is 2. The summed E-state index contributed by atoms with van der Waals surface area (Å²) in [6, 6.07) is 0. The van der Waals surface area contributed by atoms with Crippen LogP contribution in [0, 0.1) is 11.3 Å². The number of aliphatic hydroxyl groups is 1. The van der Waals surface area contributed by atoms with E-state index in [-0.39, 0.29) is 17.4 Å². The Morgan fingerprint density at radius 1 is 1.28 bits per heavy atom. The lowest BCUT2D eigenvalue weighted by Gasteiger charge is -2.52. The number of esters is 1. The van der Waals surface area contributed by atoms with Crippen LogP contribution in [-0.4, -0.2) is 70.3 Å². The molecule has 4 aliphatic rings. The van der Waals surface area contributed by atoms with Gasteiger partial charge in [-0.3, -0.25) is 9.59 Å². The molecule has 0 aromatic carbocycles. The van der Waals surface area contributed by atoms with Crippen molar-refractivity contribution in [2.45, 2.75) is 57.2 Å². The highest BCUT2D eigenvalue weighted by molar-refractivity contribution is 5.94. The lowest BCUT2D eigenvalue weighted by atomic mass is 9.62. The van der Waals surface area contributed by atoms with Gasteiger partial charge in [-0.25, -0.2) is 4.79 Å². The molecule has 4 atom stereocenters. The molecule has 3 fully saturated rings. The van der Waals surface area contributed by atoms with Gasteiger partial charge in [0.05, 0.1) is 5.60 Å². The maximum absolute atomic E-state index is 13.3. The molecule has 0 aromatic rings. The number of nitrogens with one attached hydrogen (secondary N) is 1. The molecular weight excluding hydrogens is 412 g/mol. The highest BCUT2D eigenvalue weighted by atomic mass is 16.6. The van der Waals surface area contributed by atoms with E-state index in [4.69, 9.17) is 9.84 Å². The van der Waals surface area contributed by atoms with Gasteiger partial charge in [0, 0.05) is 43.2 Å². The van der Waals surface area contributed by atoms with E-state index in [1.165, 1.54) is 13.0 Å². The van der Waals surface area contributed by atoms with Crippen LogP contribution in [0.25, 0.3) is 0 Å². The Kier molecular flexibility index (Phi) is 5.79. The first-order valence-electron chi connectivity index (χ1n) is 11.4. The average molecular weight is 445 g/mol. The van der Waals surface area contributed by atoms with E-state index in [9.17, 15) is 19.5 Å². The molecule has 0 radical (unpaired) electrons. The second-order valence-corrected chi connectivity index (χ2v) is 9.66. The summed E-state index contributed by atoms with van der Waals surface area (Å²) < 4.78 is 5.90. The molecule has 4 rings (SSSR count). The summed E-state index contributed by atoms with van der Waals surface area (Å²) in [6.07, 6.45) is 8.74. The SMILES string of the molecule is C/C(=C\C=C\[C@@]1(C)OC(=O)[C@]23CC=C(C(=O)N4CCNCC4)CC[C@]2(O)[C@H]1CC3)C(=O)O. The minimum absolute atomic E-state index is 0.00803. The first-order chi connectivity index (χ1) is 15.1. The number of piperazine rings is 1. The zero-order valence-electron chi connectivity index (χ0n) is 18.7. The van der Waals surface area contributed by atoms with E-state index >= 15 is 0 Å². The van der Waals surface area contributed by atoms with Gasteiger partial charge in [-0.15, -0.1) is 0 Å². The molecule has 1 saturated carbocycles. The van der Waals surface area contributed by atoms with Crippen molar-refractivity contribution in [1.82, 2.24) is 10.2 Å². The van der Waals surface area contributed by atoms with Crippen LogP contribution in [-0.2, 0) is 19.1 Å². The van der Waals surface area contributed by atoms with E-state index in [1.54, 1.807) is 19.1 Å². The van der Waals surface area contributed by atoms with Gasteiger partial charge >= 0.3 is 11.9 Å². The largest absolute Gasteiger partial charge is 0.478 e. The number of carboxylic acids is 1. The summed E-state index contributed by atoms with van der Waals surface area (Å²) in [7, 11) is 0. The maximum Gasteiger partial charge on any atom is 0.331 e. The molecular formula is C24H32N2O6. The Balaban J connectivity index is 1.60. The Hall–Kier alpha value is -2.45. The minimum atomic E-state index is -1.28. The molecule has 0 aromatic heterocycles. The van der Waals surface area contributed by atoms with E-state index in [0.29, 0.717) is 50.8 Å². The second kappa shape index (κ2) is 8.15. The van der Waals surface area contributed by atoms with E-state index in [2.05, 4.69) is 5.32 Å². The predicted molar refractivity (Wildman–Crippen MR) is 117 cm³/mol. The van der Waals surface area contributed by atoms with Crippen LogP contribution in [0.1, 0.15) is 46.0 Å². The van der Waals surface area contributed by atoms with Crippen molar-refractivity contribution in [1.29, 1.82) is 0 Å². The summed E-state index contributed by atoms with van der Waals surface area (Å²) in [4.78, 5) is 39.2. The fourth-order valence-corrected chi connectivity index (χ4v) is 5.96. The number of amides is 1. The first-order valence-corrected chi connectivity index (χ1v) is 11.4. The molecule has 8 nitrogen and oxygen atoms in total. The third kappa shape index (κ3) is 3.49. The number of ether oxygens (including phenoxy) is 1. The number of cyclic esters (lactones) is 1. The molecule has 0 spiro atoms. The van der Waals surface area contributed by atoms with Gasteiger partial charge in [0.15, 0.2) is 0 Å². The van der Waals surface area contributed by atoms with Crippen LogP contribution in [0.5, 0.6) is 0 Å². The number of rotatable bonds is 4. The quantitative estimate of drug-likeness (QED) is 0.342. The molecule has 174 valence electrons. The lowest BCUT2D eigenvalue weighted by Crippen LogP contribution is -2.63. The van der Waals surface area contributed by atoms with Gasteiger partial charge < -0.3 is 25.2 Å². The number of carboxylic acid groups (broad SMARTS) is 1. The zero-order valence-corrected chi connectivity index (χ0v) is 18.7. The highest BCUT2D eigenvalue weighted by Crippen LogP contribution is 2.63. The Morgan fingerprint density at radius 2 is 2.00 bits per heavy atom. The summed E-state index contributed by atoms with van der Waals surface area (Å²) in [6.45, 7) is 6.10. The van der Waals surface area contributed by atoms with Crippen LogP contribution in [0.4, 0.5) is 0 Å². The number of hydrogen-bond donors (Lipinski definition) is 3. The van der Waals surface area contributed by atoms with Crippen LogP contribution < -0.4 is 5.32 Å². The second-order valence-electron chi connectivity index (χ2n) is 9.66. The fraction of sp³-hybridized carbons (Fsp3) is 0.625. The number of aliphatic carboxylic acids is 1. The number of carbonyl (C=O) groups is 3. The standard InChI is InChI=1S/C24H32N2O6/c1-16(20(28)29)4-3-8-22(2)18-7-10-23(21(30)32-22)9-5-17(6-11-24(18,23)31)19(27)26-14-12-25-13-15-26/h3-5,8,18,25,31H,6-7,9-15H2,1-2H3,(H,28,29)/b8-3+,16-4+/t18-,22+,23+,24-/m0/s1. The van der Waals surface area contributed by atoms with Crippen molar-refractivity contribution < 1.29 is 29.3 Å². The van der Waals surface area contributed by atoms with Crippen molar-refractivity contribution in [3.8, 4) is 0 Å². The maximum atomic E-state index is 13.3. The van der Waals surface area contributed by atoms with Crippen molar-refractivity contribution >= 4 is 17.8 Å². The van der Waals surface area contributed by atoms with Crippen molar-refractivity contribution in [2.24, 2.45) is 11.3 Å². The average Bonchev–Trinajstić information content (AvgIpc) is 2.89. The minimum Gasteiger partial charge on any atom is -0.478 e. The van der Waals surface area contributed by atoms with Crippen LogP contribution in [0.2, 0.25) is 0 Å². The highest BCUT2D eigenvalue weighted by Gasteiger charge is 2.71. The third-order valence-electron chi connectivity index (χ3n) is 7.92. The molecule has 0 unspecified atom stereocenters. The summed E-state index contributed by atoms with van der Waals surface area (Å²) in [5.74, 6) is -1.79. The third-order valence-corrected chi connectivity index (χ3v) is 7.92. The molecule has 2 bridgehead atoms. The number of hydrogen-bond acceptors (Lipinski definition) is 6. The normalized spacial score (nSPS) is 37.5. The molecule has 32 heavy (non-hydrogen) atoms. The molecule has 8 heteroatoms. The van der Waals surface area contributed by atoms with Gasteiger partial charge in [-0.05, 0) is 52.0 Å². The monoisotopic (exact) mass is 444 g/mol. The van der Waals surface area contributed by atoms with Crippen molar-refractivity contribution in [3.63, 3.8) is 0 Å². The lowest BCUT2D eigenvalue weighted by molar-refractivity contribution is -0.224. The van der Waals surface area contributed by atoms with Gasteiger partial charge in [0.2, 0.25) is 5.91 Å². The van der Waals surface area contributed by atoms with Crippen LogP contribution in [0.3, 0.4) is 0 Å². The number of allylic oxidation sites excluding steroid dienone is 3. The van der Waals surface area contributed by atoms with Crippen LogP contribution in [0.15, 0.2) is 35.5 Å². The van der Waals surface area contributed by atoms with Crippen molar-refractivity contribution in [2.75, 3.05) is 26.2 Å². The summed E-state index contributed by atoms with van der Waals surface area (Å²) in [5, 5.41) is 24.3. The molecule has 2 heterocycles. The smallest absolute Gasteiger partial charge is 0.331 e. The summed E-state index contributed by atoms with van der Waals surface area (Å²) in [5.41, 5.74) is -2.53. The van der Waals surface area contributed by atoms with Gasteiger partial charge in [0.1, 0.15) is 11.0 Å². The molecule has 2 aliphatic heterocycles. The van der Waals surface area contributed by atoms with Crippen LogP contribution >= 0.6 is 0 Å². The molecule has 3 N–H and O–H groups in total. The van der Waals surface area contributed by atoms with Gasteiger partial charge in [-0.1, -0.05) is 18.2 Å². The Morgan fingerprint density at radius 3 is 2.69 bits per heavy atom. The van der Waals surface area contributed by atoms with E-state index in [0.717, 1.165) is 13.1 Å². The molecule has 1 amide bonds. The zero-order chi connectivity index (χ0) is 23.1. The topological polar surface area (TPSA) is 116 Å². The summed E-state index contributed by atoms with van der Waals surface area (Å²) >= 11 is 0. The van der Waals surface area contributed by atoms with E-state index < -0.39 is 28.6 Å². The Labute approximate surface area is 188 Å². The fourth-order valence-electron chi connectivity index (χ4n) is 5.96. The van der Waals surface area contributed by atoms with Gasteiger partial charge in [-0.2, -0.15) is 0 Å². The van der Waals surface area contributed by atoms with E-state index in [1.807, 2.05) is 11.0 Å². The molecule has 2 saturated heterocycles. The molecule has 2 aliphatic carbocycles. The van der Waals surface area contributed by atoms with Crippen molar-refractivity contribution in [3.05, 3.63) is 35.5 Å². The predicted octanol–water partition coefficient (Wildman–Crippen LogP) is 1.56.